The van der Waals surface area contributed by atoms with Crippen LogP contribution in [0.3, 0.4) is 0 Å². The molecule has 0 amide bonds. The van der Waals surface area contributed by atoms with Gasteiger partial charge in [0.25, 0.3) is 0 Å². The van der Waals surface area contributed by atoms with Gasteiger partial charge in [0.1, 0.15) is 0 Å². The number of pyridine rings is 1. The zero-order chi connectivity index (χ0) is 13.4. The fraction of sp³-hybridized carbons (Fsp3) is 0. The first-order valence-corrected chi connectivity index (χ1v) is 6.37. The van der Waals surface area contributed by atoms with E-state index in [2.05, 4.69) is 20.9 Å². The molecule has 3 rings (SSSR count). The first kappa shape index (κ1) is 12.0. The molecule has 5 heteroatoms. The van der Waals surface area contributed by atoms with E-state index in [-0.39, 0.29) is 11.4 Å². The minimum absolute atomic E-state index is 0.00171. The number of aromatic nitrogens is 2. The van der Waals surface area contributed by atoms with Crippen LogP contribution in [0.1, 0.15) is 10.4 Å². The van der Waals surface area contributed by atoms with Gasteiger partial charge in [0.2, 0.25) is 0 Å². The van der Waals surface area contributed by atoms with Gasteiger partial charge in [-0.1, -0.05) is 22.0 Å². The highest BCUT2D eigenvalue weighted by atomic mass is 79.9. The van der Waals surface area contributed by atoms with E-state index in [4.69, 9.17) is 0 Å². The van der Waals surface area contributed by atoms with E-state index in [1.807, 2.05) is 24.3 Å². The largest absolute Gasteiger partial charge is 0.299 e. The summed E-state index contributed by atoms with van der Waals surface area (Å²) in [6.07, 6.45) is 3.64. The molecule has 0 saturated heterocycles. The van der Waals surface area contributed by atoms with E-state index in [0.717, 1.165) is 15.4 Å². The molecule has 2 heterocycles. The molecule has 0 bridgehead atoms. The molecule has 2 aromatic heterocycles. The predicted octanol–water partition coefficient (Wildman–Crippen LogP) is 3.74. The number of hydrogen-bond acceptors (Lipinski definition) is 2. The highest BCUT2D eigenvalue weighted by Gasteiger charge is 2.13. The predicted molar refractivity (Wildman–Crippen MR) is 74.1 cm³/mol. The van der Waals surface area contributed by atoms with Crippen molar-refractivity contribution in [3.8, 4) is 5.82 Å². The lowest BCUT2D eigenvalue weighted by Gasteiger charge is -2.07. The van der Waals surface area contributed by atoms with Gasteiger partial charge in [0.15, 0.2) is 17.9 Å². The molecule has 0 atom stereocenters. The van der Waals surface area contributed by atoms with Crippen molar-refractivity contribution in [2.24, 2.45) is 0 Å². The van der Waals surface area contributed by atoms with Gasteiger partial charge in [-0.3, -0.25) is 9.36 Å². The average Bonchev–Trinajstić information content (AvgIpc) is 2.84. The molecule has 0 fully saturated rings. The summed E-state index contributed by atoms with van der Waals surface area (Å²) in [5.74, 6) is -0.493. The number of aldehydes is 1. The Balaban J connectivity index is 2.31. The van der Waals surface area contributed by atoms with Crippen molar-refractivity contribution >= 4 is 33.1 Å². The normalized spacial score (nSPS) is 10.8. The van der Waals surface area contributed by atoms with Gasteiger partial charge >= 0.3 is 0 Å². The summed E-state index contributed by atoms with van der Waals surface area (Å²) in [5, 5.41) is 0.959. The Morgan fingerprint density at radius 2 is 2.11 bits per heavy atom. The second kappa shape index (κ2) is 4.59. The molecule has 0 aliphatic heterocycles. The third-order valence-electron chi connectivity index (χ3n) is 2.94. The molecule has 3 nitrogen and oxygen atoms in total. The quantitative estimate of drug-likeness (QED) is 0.675. The zero-order valence-electron chi connectivity index (χ0n) is 9.68. The summed E-state index contributed by atoms with van der Waals surface area (Å²) in [6.45, 7) is 0. The molecular formula is C14H8BrFN2O. The summed E-state index contributed by atoms with van der Waals surface area (Å²) in [6, 6.07) is 8.87. The maximum absolute atomic E-state index is 14.1. The smallest absolute Gasteiger partial charge is 0.176 e. The van der Waals surface area contributed by atoms with E-state index in [9.17, 15) is 9.18 Å². The maximum atomic E-state index is 14.1. The lowest BCUT2D eigenvalue weighted by atomic mass is 10.2. The molecular weight excluding hydrogens is 311 g/mol. The summed E-state index contributed by atoms with van der Waals surface area (Å²) in [4.78, 5) is 14.8. The minimum Gasteiger partial charge on any atom is -0.299 e. The third kappa shape index (κ3) is 1.86. The average molecular weight is 319 g/mol. The first-order chi connectivity index (χ1) is 9.22. The van der Waals surface area contributed by atoms with Gasteiger partial charge in [0, 0.05) is 22.3 Å². The Hall–Kier alpha value is -2.01. The van der Waals surface area contributed by atoms with Gasteiger partial charge in [-0.05, 0) is 24.3 Å². The summed E-state index contributed by atoms with van der Waals surface area (Å²) in [5.41, 5.74) is 0.825. The Kier molecular flexibility index (Phi) is 2.91. The lowest BCUT2D eigenvalue weighted by Crippen LogP contribution is -2.02. The number of carbonyl (C=O) groups excluding carboxylic acids is 1. The zero-order valence-corrected chi connectivity index (χ0v) is 11.3. The van der Waals surface area contributed by atoms with Gasteiger partial charge in [-0.15, -0.1) is 0 Å². The van der Waals surface area contributed by atoms with Crippen LogP contribution in [-0.4, -0.2) is 15.8 Å². The number of rotatable bonds is 2. The summed E-state index contributed by atoms with van der Waals surface area (Å²) in [7, 11) is 0. The standard InChI is InChI=1S/C14H8BrFN2O/c15-11-2-1-3-12-10(11)5-7-18(12)14-13(16)9(8-19)4-6-17-14/h1-8H. The second-order valence-electron chi connectivity index (χ2n) is 4.01. The van der Waals surface area contributed by atoms with Crippen molar-refractivity contribution in [3.63, 3.8) is 0 Å². The fourth-order valence-corrected chi connectivity index (χ4v) is 2.51. The Morgan fingerprint density at radius 1 is 1.26 bits per heavy atom. The van der Waals surface area contributed by atoms with Crippen molar-refractivity contribution in [1.29, 1.82) is 0 Å². The van der Waals surface area contributed by atoms with E-state index in [1.165, 1.54) is 12.3 Å². The van der Waals surface area contributed by atoms with E-state index in [1.54, 1.807) is 10.8 Å². The van der Waals surface area contributed by atoms with Crippen LogP contribution in [0, 0.1) is 5.82 Å². The molecule has 0 spiro atoms. The van der Waals surface area contributed by atoms with Gasteiger partial charge in [0.05, 0.1) is 11.1 Å². The first-order valence-electron chi connectivity index (χ1n) is 5.58. The molecule has 0 aliphatic carbocycles. The number of nitrogens with zero attached hydrogens (tertiary/aromatic N) is 2. The van der Waals surface area contributed by atoms with Crippen LogP contribution in [0.15, 0.2) is 47.2 Å². The van der Waals surface area contributed by atoms with Crippen molar-refractivity contribution in [2.45, 2.75) is 0 Å². The van der Waals surface area contributed by atoms with Crippen LogP contribution in [0.25, 0.3) is 16.7 Å². The SMILES string of the molecule is O=Cc1ccnc(-n2ccc3c(Br)cccc32)c1F. The number of fused-ring (bicyclic) bond motifs is 1. The van der Waals surface area contributed by atoms with Crippen molar-refractivity contribution in [1.82, 2.24) is 9.55 Å². The maximum Gasteiger partial charge on any atom is 0.176 e. The number of benzene rings is 1. The molecule has 19 heavy (non-hydrogen) atoms. The van der Waals surface area contributed by atoms with Gasteiger partial charge in [-0.25, -0.2) is 9.37 Å². The fourth-order valence-electron chi connectivity index (χ4n) is 2.02. The van der Waals surface area contributed by atoms with Crippen molar-refractivity contribution < 1.29 is 9.18 Å². The molecule has 1 aromatic carbocycles. The number of carbonyl (C=O) groups is 1. The highest BCUT2D eigenvalue weighted by Crippen LogP contribution is 2.27. The molecule has 0 N–H and O–H groups in total. The van der Waals surface area contributed by atoms with Crippen LogP contribution in [-0.2, 0) is 0 Å². The van der Waals surface area contributed by atoms with E-state index in [0.29, 0.717) is 6.29 Å². The van der Waals surface area contributed by atoms with Crippen molar-refractivity contribution in [2.75, 3.05) is 0 Å². The van der Waals surface area contributed by atoms with E-state index >= 15 is 0 Å². The molecule has 94 valence electrons. The highest BCUT2D eigenvalue weighted by molar-refractivity contribution is 9.10. The van der Waals surface area contributed by atoms with E-state index < -0.39 is 5.82 Å². The minimum atomic E-state index is -0.616. The lowest BCUT2D eigenvalue weighted by molar-refractivity contribution is 0.111. The molecule has 0 unspecified atom stereocenters. The van der Waals surface area contributed by atoms with Crippen LogP contribution in [0.2, 0.25) is 0 Å². The van der Waals surface area contributed by atoms with Crippen LogP contribution in [0.5, 0.6) is 0 Å². The Morgan fingerprint density at radius 3 is 2.89 bits per heavy atom. The van der Waals surface area contributed by atoms with Crippen LogP contribution < -0.4 is 0 Å². The third-order valence-corrected chi connectivity index (χ3v) is 3.63. The molecule has 0 radical (unpaired) electrons. The number of hydrogen-bond donors (Lipinski definition) is 0. The summed E-state index contributed by atoms with van der Waals surface area (Å²) >= 11 is 3.45. The van der Waals surface area contributed by atoms with Gasteiger partial charge in [-0.2, -0.15) is 0 Å². The number of halogens is 2. The monoisotopic (exact) mass is 318 g/mol. The molecule has 0 aliphatic rings. The Bertz CT molecular complexity index is 782. The molecule has 3 aromatic rings. The topological polar surface area (TPSA) is 34.9 Å². The molecule has 0 saturated carbocycles. The Labute approximate surface area is 116 Å². The van der Waals surface area contributed by atoms with Crippen molar-refractivity contribution in [3.05, 3.63) is 58.6 Å². The summed E-state index contributed by atoms with van der Waals surface area (Å²) < 4.78 is 16.7. The van der Waals surface area contributed by atoms with Gasteiger partial charge < -0.3 is 0 Å². The van der Waals surface area contributed by atoms with Crippen LogP contribution >= 0.6 is 15.9 Å². The van der Waals surface area contributed by atoms with Crippen LogP contribution in [0.4, 0.5) is 4.39 Å². The second-order valence-corrected chi connectivity index (χ2v) is 4.87.